The summed E-state index contributed by atoms with van der Waals surface area (Å²) in [5.74, 6) is 0.782. The Kier molecular flexibility index (Phi) is 10.1. The van der Waals surface area contributed by atoms with Crippen molar-refractivity contribution in [2.24, 2.45) is 5.41 Å². The topological polar surface area (TPSA) is 114 Å². The number of aryl methyl sites for hydroxylation is 1. The normalized spacial score (nSPS) is 18.9. The van der Waals surface area contributed by atoms with Gasteiger partial charge in [0.25, 0.3) is 5.91 Å². The van der Waals surface area contributed by atoms with E-state index in [2.05, 4.69) is 32.6 Å². The molecule has 306 valence electrons. The Balaban J connectivity index is 1.10. The zero-order chi connectivity index (χ0) is 40.2. The molecular weight excluding hydrogens is 750 g/mol. The van der Waals surface area contributed by atoms with Crippen LogP contribution in [0.3, 0.4) is 0 Å². The molecule has 2 aromatic carbocycles. The highest BCUT2D eigenvalue weighted by atomic mass is 19.4. The first-order valence-corrected chi connectivity index (χ1v) is 20.2. The average molecular weight is 799 g/mol. The fourth-order valence-corrected chi connectivity index (χ4v) is 9.09. The number of alkyl halides is 3. The number of hydrogen-bond acceptors (Lipinski definition) is 9. The van der Waals surface area contributed by atoms with Crippen molar-refractivity contribution < 1.29 is 32.2 Å². The Bertz CT molecular complexity index is 2320. The average Bonchev–Trinajstić information content (AvgIpc) is 3.67. The highest BCUT2D eigenvalue weighted by Crippen LogP contribution is 2.53. The second-order valence-electron chi connectivity index (χ2n) is 16.5. The van der Waals surface area contributed by atoms with Gasteiger partial charge in [0.05, 0.1) is 18.3 Å². The summed E-state index contributed by atoms with van der Waals surface area (Å²) in [5.41, 5.74) is 4.68. The van der Waals surface area contributed by atoms with Crippen LogP contribution >= 0.6 is 0 Å². The molecule has 1 saturated carbocycles. The van der Waals surface area contributed by atoms with Gasteiger partial charge in [-0.3, -0.25) is 9.89 Å². The van der Waals surface area contributed by atoms with E-state index >= 15 is 0 Å². The van der Waals surface area contributed by atoms with E-state index in [1.54, 1.807) is 17.9 Å². The van der Waals surface area contributed by atoms with Gasteiger partial charge in [0, 0.05) is 87.1 Å². The molecule has 4 fully saturated rings. The zero-order valence-electron chi connectivity index (χ0n) is 33.0. The Labute approximate surface area is 334 Å². The van der Waals surface area contributed by atoms with E-state index in [1.165, 1.54) is 0 Å². The summed E-state index contributed by atoms with van der Waals surface area (Å²) < 4.78 is 62.0. The van der Waals surface area contributed by atoms with Crippen LogP contribution in [0.5, 0.6) is 11.8 Å². The summed E-state index contributed by atoms with van der Waals surface area (Å²) in [7, 11) is 1.70. The molecule has 4 aliphatic rings. The number of halogens is 3. The lowest BCUT2D eigenvalue weighted by atomic mass is 9.72. The molecule has 5 aromatic rings. The van der Waals surface area contributed by atoms with Gasteiger partial charge in [-0.1, -0.05) is 12.6 Å². The smallest absolute Gasteiger partial charge is 0.422 e. The molecule has 9 rings (SSSR count). The lowest BCUT2D eigenvalue weighted by Crippen LogP contribution is -2.62. The summed E-state index contributed by atoms with van der Waals surface area (Å²) in [6.45, 7) is 10.2. The second-order valence-corrected chi connectivity index (χ2v) is 16.5. The molecule has 0 bridgehead atoms. The number of aromatic amines is 1. The fraction of sp³-hybridized carbons (Fsp3) is 0.488. The summed E-state index contributed by atoms with van der Waals surface area (Å²) in [4.78, 5) is 29.7. The molecule has 58 heavy (non-hydrogen) atoms. The largest absolute Gasteiger partial charge is 0.481 e. The van der Waals surface area contributed by atoms with Gasteiger partial charge in [-0.2, -0.15) is 28.2 Å². The number of amides is 1. The monoisotopic (exact) mass is 798 g/mol. The molecule has 0 radical (unpaired) electrons. The highest BCUT2D eigenvalue weighted by Gasteiger charge is 2.47. The number of rotatable bonds is 12. The fourth-order valence-electron chi connectivity index (χ4n) is 9.09. The molecule has 3 saturated heterocycles. The van der Waals surface area contributed by atoms with Crippen molar-refractivity contribution in [2.45, 2.75) is 63.6 Å². The van der Waals surface area contributed by atoms with Crippen molar-refractivity contribution in [3.8, 4) is 22.9 Å². The van der Waals surface area contributed by atoms with Gasteiger partial charge in [0.15, 0.2) is 12.4 Å². The van der Waals surface area contributed by atoms with Crippen LogP contribution in [0.4, 0.5) is 19.0 Å². The summed E-state index contributed by atoms with van der Waals surface area (Å²) in [6.07, 6.45) is 5.58. The van der Waals surface area contributed by atoms with Crippen LogP contribution in [-0.2, 0) is 9.53 Å². The van der Waals surface area contributed by atoms with Crippen molar-refractivity contribution in [1.82, 2.24) is 34.5 Å². The molecule has 0 atom stereocenters. The van der Waals surface area contributed by atoms with E-state index in [9.17, 15) is 18.0 Å². The molecule has 1 N–H and O–H groups in total. The number of likely N-dealkylation sites (tertiary alicyclic amines) is 2. The number of carbonyl (C=O) groups is 1. The van der Waals surface area contributed by atoms with Crippen molar-refractivity contribution in [2.75, 3.05) is 71.0 Å². The number of H-pyrrole nitrogens is 1. The molecule has 1 aliphatic carbocycles. The maximum absolute atomic E-state index is 14.2. The van der Waals surface area contributed by atoms with Gasteiger partial charge >= 0.3 is 12.2 Å². The second kappa shape index (κ2) is 15.2. The predicted molar refractivity (Wildman–Crippen MR) is 215 cm³/mol. The quantitative estimate of drug-likeness (QED) is 0.131. The van der Waals surface area contributed by atoms with Crippen LogP contribution in [-0.4, -0.2) is 119 Å². The Morgan fingerprint density at radius 1 is 1.00 bits per heavy atom. The number of nitrogens with one attached hydrogen (secondary N) is 1. The highest BCUT2D eigenvalue weighted by molar-refractivity contribution is 6.13. The number of anilines is 1. The Morgan fingerprint density at radius 2 is 1.74 bits per heavy atom. The molecule has 0 unspecified atom stereocenters. The molecule has 6 heterocycles. The summed E-state index contributed by atoms with van der Waals surface area (Å²) in [6, 6.07) is 9.84. The Hall–Kier alpha value is -5.15. The molecule has 15 heteroatoms. The minimum Gasteiger partial charge on any atom is -0.481 e. The van der Waals surface area contributed by atoms with Crippen LogP contribution in [0.1, 0.15) is 55.6 Å². The van der Waals surface area contributed by atoms with Crippen LogP contribution < -0.4 is 14.4 Å². The first-order valence-electron chi connectivity index (χ1n) is 20.2. The lowest BCUT2D eigenvalue weighted by Gasteiger charge is -2.54. The minimum absolute atomic E-state index is 0.0315. The van der Waals surface area contributed by atoms with Gasteiger partial charge < -0.3 is 33.5 Å². The van der Waals surface area contributed by atoms with Crippen molar-refractivity contribution >= 4 is 39.2 Å². The van der Waals surface area contributed by atoms with E-state index in [0.717, 1.165) is 85.8 Å². The number of hydrogen-bond donors (Lipinski definition) is 1. The number of nitrogens with zero attached hydrogens (tertiary/aromatic N) is 7. The first kappa shape index (κ1) is 38.4. The van der Waals surface area contributed by atoms with Gasteiger partial charge in [-0.15, -0.1) is 0 Å². The van der Waals surface area contributed by atoms with Gasteiger partial charge in [0.2, 0.25) is 0 Å². The number of ether oxygens (including phenoxy) is 3. The van der Waals surface area contributed by atoms with Gasteiger partial charge in [-0.25, -0.2) is 0 Å². The number of aromatic nitrogens is 5. The Morgan fingerprint density at radius 3 is 2.43 bits per heavy atom. The van der Waals surface area contributed by atoms with Crippen molar-refractivity contribution in [3.05, 3.63) is 66.6 Å². The van der Waals surface area contributed by atoms with Crippen molar-refractivity contribution in [1.29, 1.82) is 0 Å². The van der Waals surface area contributed by atoms with Crippen LogP contribution in [0.2, 0.25) is 0 Å². The predicted octanol–water partition coefficient (Wildman–Crippen LogP) is 7.19. The summed E-state index contributed by atoms with van der Waals surface area (Å²) >= 11 is 0. The van der Waals surface area contributed by atoms with Gasteiger partial charge in [0.1, 0.15) is 23.1 Å². The molecular formula is C43H49F3N8O4. The standard InChI is InChI=1S/C43H49F3N8O4/c1-27-6-9-34-33(23-47-50-34)35(27)36-31(29-7-8-29)22-32-37(38(36)57-26-43(44,45)46)48-41(58-30-10-16-51(17-11-30)20-21-56-3)49-39(32)53-18-12-42(13-19-53)24-54(25-42)40(55)28(2)52-14-4-5-15-52/h4-6,9,14-15,22-23,29-30H,2,7-8,10-13,16-21,24-26H2,1,3H3,(H,47,50). The van der Waals surface area contributed by atoms with E-state index in [-0.39, 0.29) is 35.1 Å². The van der Waals surface area contributed by atoms with E-state index < -0.39 is 12.8 Å². The van der Waals surface area contributed by atoms with E-state index in [4.69, 9.17) is 24.2 Å². The molecule has 12 nitrogen and oxygen atoms in total. The van der Waals surface area contributed by atoms with Crippen LogP contribution in [0.15, 0.2) is 55.5 Å². The maximum Gasteiger partial charge on any atom is 0.422 e. The van der Waals surface area contributed by atoms with Crippen LogP contribution in [0, 0.1) is 12.3 Å². The number of carbonyl (C=O) groups excluding carboxylic acids is 1. The molecule has 1 amide bonds. The maximum atomic E-state index is 14.2. The number of fused-ring (bicyclic) bond motifs is 2. The SMILES string of the molecule is C=C(C(=O)N1CC2(CCN(c3nc(OC4CCN(CCOC)CC4)nc4c(OCC(F)(F)F)c(-c5c(C)ccc6[nH]ncc56)c(C5CC5)cc34)CC2)C1)n1cccc1. The number of methoxy groups -OCH3 is 1. The van der Waals surface area contributed by atoms with E-state index in [1.807, 2.05) is 48.5 Å². The third-order valence-electron chi connectivity index (χ3n) is 12.5. The number of piperidine rings is 2. The summed E-state index contributed by atoms with van der Waals surface area (Å²) in [5, 5.41) is 8.77. The molecule has 1 spiro atoms. The molecule has 3 aliphatic heterocycles. The van der Waals surface area contributed by atoms with Gasteiger partial charge in [-0.05, 0) is 92.3 Å². The molecule has 3 aromatic heterocycles. The third kappa shape index (κ3) is 7.49. The van der Waals surface area contributed by atoms with E-state index in [0.29, 0.717) is 60.8 Å². The number of benzene rings is 2. The first-order chi connectivity index (χ1) is 28.0. The minimum atomic E-state index is -4.59. The lowest BCUT2D eigenvalue weighted by molar-refractivity contribution is -0.153. The van der Waals surface area contributed by atoms with Crippen LogP contribution in [0.25, 0.3) is 38.6 Å². The third-order valence-corrected chi connectivity index (χ3v) is 12.5. The zero-order valence-corrected chi connectivity index (χ0v) is 33.0. The van der Waals surface area contributed by atoms with Crippen molar-refractivity contribution in [3.63, 3.8) is 0 Å².